The molecule has 1 amide bonds. The van der Waals surface area contributed by atoms with Gasteiger partial charge >= 0.3 is 0 Å². The Balaban J connectivity index is 1.80. The van der Waals surface area contributed by atoms with E-state index in [1.54, 1.807) is 0 Å². The highest BCUT2D eigenvalue weighted by Crippen LogP contribution is 2.13. The van der Waals surface area contributed by atoms with Gasteiger partial charge in [-0.3, -0.25) is 9.69 Å². The number of amides is 1. The largest absolute Gasteiger partial charge is 0.366 e. The van der Waals surface area contributed by atoms with Crippen molar-refractivity contribution in [2.45, 2.75) is 26.0 Å². The van der Waals surface area contributed by atoms with Gasteiger partial charge in [-0.15, -0.1) is 0 Å². The van der Waals surface area contributed by atoms with E-state index in [9.17, 15) is 4.79 Å². The summed E-state index contributed by atoms with van der Waals surface area (Å²) in [5.74, 6) is 0.543. The second kappa shape index (κ2) is 8.08. The maximum atomic E-state index is 12.2. The third kappa shape index (κ3) is 4.92. The first kappa shape index (κ1) is 16.7. The van der Waals surface area contributed by atoms with Crippen LogP contribution >= 0.6 is 0 Å². The average Bonchev–Trinajstić information content (AvgIpc) is 2.49. The number of carbonyl (C=O) groups is 1. The number of likely N-dealkylation sites (N-methyl/N-ethyl adjacent to an activating group) is 1. The number of carbonyl (C=O) groups excluding carboxylic acids is 1. The molecule has 2 atom stereocenters. The monoisotopic (exact) mass is 298 g/mol. The molecule has 0 aliphatic carbocycles. The Morgan fingerprint density at radius 2 is 2.05 bits per heavy atom. The SMILES string of the molecule is CC(C)C(CNC(=O)C1CNCCO1)N1CCN(C)CC1. The van der Waals surface area contributed by atoms with Gasteiger partial charge in [-0.1, -0.05) is 13.8 Å². The number of morpholine rings is 1. The molecule has 2 aliphatic rings. The molecule has 0 aromatic rings. The Labute approximate surface area is 128 Å². The number of nitrogens with one attached hydrogen (secondary N) is 2. The van der Waals surface area contributed by atoms with Gasteiger partial charge in [-0.05, 0) is 13.0 Å². The fourth-order valence-electron chi connectivity index (χ4n) is 2.99. The first-order valence-corrected chi connectivity index (χ1v) is 8.10. The van der Waals surface area contributed by atoms with Crippen LogP contribution in [0.1, 0.15) is 13.8 Å². The summed E-state index contributed by atoms with van der Waals surface area (Å²) < 4.78 is 5.50. The summed E-state index contributed by atoms with van der Waals surface area (Å²) in [6.07, 6.45) is -0.334. The summed E-state index contributed by atoms with van der Waals surface area (Å²) in [5.41, 5.74) is 0. The molecule has 0 aromatic heterocycles. The number of piperazine rings is 1. The third-order valence-corrected chi connectivity index (χ3v) is 4.48. The second-order valence-electron chi connectivity index (χ2n) is 6.46. The Morgan fingerprint density at radius 1 is 1.33 bits per heavy atom. The van der Waals surface area contributed by atoms with Gasteiger partial charge in [0.1, 0.15) is 6.10 Å². The van der Waals surface area contributed by atoms with Crippen molar-refractivity contribution >= 4 is 5.91 Å². The van der Waals surface area contributed by atoms with E-state index < -0.39 is 0 Å². The molecule has 6 heteroatoms. The van der Waals surface area contributed by atoms with Crippen LogP contribution in [0.2, 0.25) is 0 Å². The van der Waals surface area contributed by atoms with Crippen molar-refractivity contribution < 1.29 is 9.53 Å². The van der Waals surface area contributed by atoms with Crippen LogP contribution in [0, 0.1) is 5.92 Å². The van der Waals surface area contributed by atoms with Crippen LogP contribution in [0.15, 0.2) is 0 Å². The maximum absolute atomic E-state index is 12.2. The van der Waals surface area contributed by atoms with Crippen LogP contribution in [0.4, 0.5) is 0 Å². The lowest BCUT2D eigenvalue weighted by atomic mass is 10.0. The topological polar surface area (TPSA) is 56.8 Å². The fraction of sp³-hybridized carbons (Fsp3) is 0.933. The zero-order valence-corrected chi connectivity index (χ0v) is 13.6. The maximum Gasteiger partial charge on any atom is 0.250 e. The number of ether oxygens (including phenoxy) is 1. The van der Waals surface area contributed by atoms with Crippen molar-refractivity contribution in [1.29, 1.82) is 0 Å². The van der Waals surface area contributed by atoms with E-state index in [4.69, 9.17) is 4.74 Å². The molecular weight excluding hydrogens is 268 g/mol. The molecule has 21 heavy (non-hydrogen) atoms. The lowest BCUT2D eigenvalue weighted by molar-refractivity contribution is -0.134. The summed E-state index contributed by atoms with van der Waals surface area (Å²) in [6.45, 7) is 11.6. The molecule has 2 fully saturated rings. The molecule has 0 radical (unpaired) electrons. The zero-order valence-electron chi connectivity index (χ0n) is 13.6. The van der Waals surface area contributed by atoms with Crippen LogP contribution in [0.5, 0.6) is 0 Å². The summed E-state index contributed by atoms with van der Waals surface area (Å²) in [7, 11) is 2.16. The summed E-state index contributed by atoms with van der Waals surface area (Å²) in [4.78, 5) is 17.0. The van der Waals surface area contributed by atoms with Crippen molar-refractivity contribution in [1.82, 2.24) is 20.4 Å². The van der Waals surface area contributed by atoms with Crippen LogP contribution < -0.4 is 10.6 Å². The summed E-state index contributed by atoms with van der Waals surface area (Å²) >= 11 is 0. The normalized spacial score (nSPS) is 26.8. The molecule has 0 aromatic carbocycles. The Morgan fingerprint density at radius 3 is 2.62 bits per heavy atom. The van der Waals surface area contributed by atoms with Gasteiger partial charge in [0.25, 0.3) is 5.91 Å². The molecule has 2 saturated heterocycles. The Bertz CT molecular complexity index is 324. The van der Waals surface area contributed by atoms with Crippen LogP contribution in [-0.2, 0) is 9.53 Å². The highest BCUT2D eigenvalue weighted by Gasteiger charge is 2.27. The molecule has 6 nitrogen and oxygen atoms in total. The quantitative estimate of drug-likeness (QED) is 0.707. The minimum atomic E-state index is -0.334. The summed E-state index contributed by atoms with van der Waals surface area (Å²) in [5, 5.41) is 6.28. The Hall–Kier alpha value is -0.690. The smallest absolute Gasteiger partial charge is 0.250 e. The number of nitrogens with zero attached hydrogens (tertiary/aromatic N) is 2. The van der Waals surface area contributed by atoms with E-state index in [1.807, 2.05) is 0 Å². The molecule has 0 bridgehead atoms. The predicted octanol–water partition coefficient (Wildman–Crippen LogP) is -0.637. The third-order valence-electron chi connectivity index (χ3n) is 4.48. The predicted molar refractivity (Wildman–Crippen MR) is 83.3 cm³/mol. The molecule has 2 aliphatic heterocycles. The van der Waals surface area contributed by atoms with E-state index in [0.717, 1.165) is 32.7 Å². The first-order valence-electron chi connectivity index (χ1n) is 8.10. The number of rotatable bonds is 5. The fourth-order valence-corrected chi connectivity index (χ4v) is 2.99. The van der Waals surface area contributed by atoms with Crippen LogP contribution in [0.25, 0.3) is 0 Å². The standard InChI is InChI=1S/C15H30N4O2/c1-12(2)13(19-7-5-18(3)6-8-19)10-17-15(20)14-11-16-4-9-21-14/h12-14,16H,4-11H2,1-3H3,(H,17,20). The summed E-state index contributed by atoms with van der Waals surface area (Å²) in [6, 6.07) is 0.402. The average molecular weight is 298 g/mol. The van der Waals surface area contributed by atoms with Crippen LogP contribution in [0.3, 0.4) is 0 Å². The molecule has 0 spiro atoms. The van der Waals surface area contributed by atoms with Crippen molar-refractivity contribution in [3.05, 3.63) is 0 Å². The van der Waals surface area contributed by atoms with E-state index in [2.05, 4.69) is 41.3 Å². The zero-order chi connectivity index (χ0) is 15.2. The van der Waals surface area contributed by atoms with Gasteiger partial charge in [0, 0.05) is 51.9 Å². The van der Waals surface area contributed by atoms with Gasteiger partial charge < -0.3 is 20.3 Å². The van der Waals surface area contributed by atoms with Crippen molar-refractivity contribution in [3.63, 3.8) is 0 Å². The first-order chi connectivity index (χ1) is 10.1. The highest BCUT2D eigenvalue weighted by molar-refractivity contribution is 5.81. The van der Waals surface area contributed by atoms with Crippen LogP contribution in [-0.4, -0.2) is 87.3 Å². The molecule has 2 N–H and O–H groups in total. The number of hydrogen-bond acceptors (Lipinski definition) is 5. The lowest BCUT2D eigenvalue weighted by Gasteiger charge is -2.40. The Kier molecular flexibility index (Phi) is 6.41. The molecular formula is C15H30N4O2. The molecule has 2 unspecified atom stereocenters. The lowest BCUT2D eigenvalue weighted by Crippen LogP contribution is -2.56. The molecule has 0 saturated carbocycles. The minimum Gasteiger partial charge on any atom is -0.366 e. The van der Waals surface area contributed by atoms with E-state index in [0.29, 0.717) is 31.7 Å². The van der Waals surface area contributed by atoms with E-state index in [-0.39, 0.29) is 12.0 Å². The van der Waals surface area contributed by atoms with Crippen molar-refractivity contribution in [3.8, 4) is 0 Å². The molecule has 122 valence electrons. The van der Waals surface area contributed by atoms with Crippen molar-refractivity contribution in [2.24, 2.45) is 5.92 Å². The minimum absolute atomic E-state index is 0.0157. The second-order valence-corrected chi connectivity index (χ2v) is 6.46. The van der Waals surface area contributed by atoms with Gasteiger partial charge in [0.2, 0.25) is 0 Å². The van der Waals surface area contributed by atoms with Gasteiger partial charge in [0.05, 0.1) is 6.61 Å². The molecule has 2 heterocycles. The van der Waals surface area contributed by atoms with E-state index in [1.165, 1.54) is 0 Å². The van der Waals surface area contributed by atoms with E-state index >= 15 is 0 Å². The van der Waals surface area contributed by atoms with Gasteiger partial charge in [-0.2, -0.15) is 0 Å². The molecule has 2 rings (SSSR count). The highest BCUT2D eigenvalue weighted by atomic mass is 16.5. The number of hydrogen-bond donors (Lipinski definition) is 2. The van der Waals surface area contributed by atoms with Gasteiger partial charge in [0.15, 0.2) is 0 Å². The van der Waals surface area contributed by atoms with Crippen molar-refractivity contribution in [2.75, 3.05) is 59.5 Å². The van der Waals surface area contributed by atoms with Gasteiger partial charge in [-0.25, -0.2) is 0 Å².